The molecule has 0 radical (unpaired) electrons. The molecule has 2 rings (SSSR count). The fraction of sp³-hybridized carbons (Fsp3) is 0.667. The number of hydrogen-bond donors (Lipinski definition) is 2. The van der Waals surface area contributed by atoms with E-state index in [-0.39, 0.29) is 23.3 Å². The largest absolute Gasteiger partial charge is 0.394 e. The summed E-state index contributed by atoms with van der Waals surface area (Å²) >= 11 is 0. The van der Waals surface area contributed by atoms with Gasteiger partial charge in [-0.3, -0.25) is 14.4 Å². The Morgan fingerprint density at radius 1 is 1.19 bits per heavy atom. The van der Waals surface area contributed by atoms with Crippen molar-refractivity contribution in [2.24, 2.45) is 11.7 Å². The van der Waals surface area contributed by atoms with Crippen LogP contribution < -0.4 is 11.1 Å². The number of nitrogens with zero attached hydrogens (tertiary/aromatic N) is 1. The van der Waals surface area contributed by atoms with Crippen LogP contribution in [0.15, 0.2) is 11.8 Å². The van der Waals surface area contributed by atoms with E-state index in [0.29, 0.717) is 0 Å². The molecule has 2 amide bonds. The zero-order valence-corrected chi connectivity index (χ0v) is 12.4. The minimum atomic E-state index is -0.532. The van der Waals surface area contributed by atoms with Crippen molar-refractivity contribution in [1.82, 2.24) is 10.2 Å². The molecule has 0 spiro atoms. The molecule has 0 aromatic heterocycles. The minimum absolute atomic E-state index is 0.0166. The first-order chi connectivity index (χ1) is 9.99. The Hall–Kier alpha value is -1.85. The van der Waals surface area contributed by atoms with Crippen LogP contribution >= 0.6 is 0 Å². The predicted molar refractivity (Wildman–Crippen MR) is 78.0 cm³/mol. The Kier molecular flexibility index (Phi) is 4.98. The Labute approximate surface area is 124 Å². The van der Waals surface area contributed by atoms with Crippen molar-refractivity contribution >= 4 is 17.6 Å². The summed E-state index contributed by atoms with van der Waals surface area (Å²) in [5.74, 6) is -0.658. The van der Waals surface area contributed by atoms with Crippen LogP contribution in [0.2, 0.25) is 0 Å². The Balaban J connectivity index is 2.06. The lowest BCUT2D eigenvalue weighted by molar-refractivity contribution is -0.140. The van der Waals surface area contributed by atoms with E-state index in [4.69, 9.17) is 5.73 Å². The van der Waals surface area contributed by atoms with Crippen molar-refractivity contribution in [2.75, 3.05) is 13.1 Å². The molecule has 6 nitrogen and oxygen atoms in total. The molecular weight excluding hydrogens is 270 g/mol. The summed E-state index contributed by atoms with van der Waals surface area (Å²) < 4.78 is 0. The molecule has 1 heterocycles. The maximum Gasteiger partial charge on any atom is 0.267 e. The number of carbonyl (C=O) groups is 3. The molecule has 0 unspecified atom stereocenters. The maximum absolute atomic E-state index is 12.5. The van der Waals surface area contributed by atoms with E-state index >= 15 is 0 Å². The van der Waals surface area contributed by atoms with E-state index in [1.807, 2.05) is 0 Å². The highest BCUT2D eigenvalue weighted by molar-refractivity contribution is 6.01. The molecule has 0 bridgehead atoms. The number of allylic oxidation sites excluding steroid dienone is 1. The van der Waals surface area contributed by atoms with Crippen LogP contribution in [0.3, 0.4) is 0 Å². The van der Waals surface area contributed by atoms with Gasteiger partial charge >= 0.3 is 0 Å². The Morgan fingerprint density at radius 2 is 1.81 bits per heavy atom. The zero-order chi connectivity index (χ0) is 15.4. The Morgan fingerprint density at radius 3 is 2.29 bits per heavy atom. The predicted octanol–water partition coefficient (Wildman–Crippen LogP) is 0.325. The summed E-state index contributed by atoms with van der Waals surface area (Å²) in [6.45, 7) is 2.85. The quantitative estimate of drug-likeness (QED) is 0.714. The number of ketones is 1. The van der Waals surface area contributed by atoms with Crippen LogP contribution in [-0.2, 0) is 14.4 Å². The molecule has 1 atom stereocenters. The van der Waals surface area contributed by atoms with Gasteiger partial charge in [-0.05, 0) is 32.1 Å². The van der Waals surface area contributed by atoms with Crippen molar-refractivity contribution in [2.45, 2.75) is 45.1 Å². The van der Waals surface area contributed by atoms with Crippen molar-refractivity contribution in [1.29, 1.82) is 0 Å². The van der Waals surface area contributed by atoms with Gasteiger partial charge in [0.1, 0.15) is 11.7 Å². The molecule has 2 fully saturated rings. The molecule has 21 heavy (non-hydrogen) atoms. The van der Waals surface area contributed by atoms with Crippen LogP contribution in [0.5, 0.6) is 0 Å². The molecule has 1 aliphatic heterocycles. The van der Waals surface area contributed by atoms with Gasteiger partial charge in [-0.25, -0.2) is 0 Å². The van der Waals surface area contributed by atoms with E-state index in [9.17, 15) is 14.4 Å². The number of likely N-dealkylation sites (tertiary alicyclic amines) is 1. The van der Waals surface area contributed by atoms with Crippen molar-refractivity contribution < 1.29 is 14.4 Å². The van der Waals surface area contributed by atoms with E-state index < -0.39 is 11.9 Å². The average Bonchev–Trinajstić information content (AvgIpc) is 2.85. The normalized spacial score (nSPS) is 20.8. The molecule has 1 saturated carbocycles. The molecule has 3 N–H and O–H groups in total. The highest BCUT2D eigenvalue weighted by atomic mass is 16.2. The molecule has 0 aromatic rings. The van der Waals surface area contributed by atoms with Crippen LogP contribution in [0.1, 0.15) is 39.0 Å². The zero-order valence-electron chi connectivity index (χ0n) is 12.4. The number of hydrogen-bond acceptors (Lipinski definition) is 4. The van der Waals surface area contributed by atoms with Crippen LogP contribution in [0, 0.1) is 5.92 Å². The van der Waals surface area contributed by atoms with E-state index in [1.165, 1.54) is 6.92 Å². The monoisotopic (exact) mass is 293 g/mol. The summed E-state index contributed by atoms with van der Waals surface area (Å²) in [4.78, 5) is 37.3. The molecular formula is C15H23N3O3. The maximum atomic E-state index is 12.5. The first-order valence-electron chi connectivity index (χ1n) is 7.56. The van der Waals surface area contributed by atoms with Crippen molar-refractivity contribution in [3.63, 3.8) is 0 Å². The molecule has 0 aromatic carbocycles. The summed E-state index contributed by atoms with van der Waals surface area (Å²) in [6.07, 6.45) is 6.17. The third-order valence-electron chi connectivity index (χ3n) is 4.21. The van der Waals surface area contributed by atoms with E-state index in [1.54, 1.807) is 4.90 Å². The van der Waals surface area contributed by atoms with Gasteiger partial charge in [-0.1, -0.05) is 12.8 Å². The second kappa shape index (κ2) is 6.74. The number of nitrogens with two attached hydrogens (primary N) is 1. The first kappa shape index (κ1) is 15.5. The van der Waals surface area contributed by atoms with Gasteiger partial charge in [-0.2, -0.15) is 0 Å². The van der Waals surface area contributed by atoms with Gasteiger partial charge in [0.25, 0.3) is 5.91 Å². The highest BCUT2D eigenvalue weighted by Gasteiger charge is 2.36. The molecule has 2 aliphatic rings. The van der Waals surface area contributed by atoms with Gasteiger partial charge in [0, 0.05) is 19.2 Å². The van der Waals surface area contributed by atoms with Gasteiger partial charge < -0.3 is 16.0 Å². The van der Waals surface area contributed by atoms with Crippen molar-refractivity contribution in [3.05, 3.63) is 11.8 Å². The first-order valence-corrected chi connectivity index (χ1v) is 7.56. The van der Waals surface area contributed by atoms with Crippen LogP contribution in [-0.4, -0.2) is 41.6 Å². The van der Waals surface area contributed by atoms with Gasteiger partial charge in [0.05, 0.1) is 0 Å². The summed E-state index contributed by atoms with van der Waals surface area (Å²) in [5, 5.41) is 2.74. The third kappa shape index (κ3) is 3.83. The lowest BCUT2D eigenvalue weighted by atomic mass is 9.95. The summed E-state index contributed by atoms with van der Waals surface area (Å²) in [5.41, 5.74) is 5.45. The second-order valence-corrected chi connectivity index (χ2v) is 5.88. The van der Waals surface area contributed by atoms with Gasteiger partial charge in [0.2, 0.25) is 5.91 Å². The fourth-order valence-corrected chi connectivity index (χ4v) is 2.91. The topological polar surface area (TPSA) is 92.5 Å². The molecule has 6 heteroatoms. The number of nitrogens with one attached hydrogen (secondary N) is 1. The molecule has 1 aliphatic carbocycles. The Bertz CT molecular complexity index is 463. The van der Waals surface area contributed by atoms with Crippen molar-refractivity contribution in [3.8, 4) is 0 Å². The third-order valence-corrected chi connectivity index (χ3v) is 4.21. The van der Waals surface area contributed by atoms with Gasteiger partial charge in [-0.15, -0.1) is 0 Å². The lowest BCUT2D eigenvalue weighted by Gasteiger charge is -2.36. The van der Waals surface area contributed by atoms with Crippen LogP contribution in [0.25, 0.3) is 0 Å². The molecule has 1 saturated heterocycles. The summed E-state index contributed by atoms with van der Waals surface area (Å²) in [7, 11) is 0. The lowest BCUT2D eigenvalue weighted by Crippen LogP contribution is -2.56. The van der Waals surface area contributed by atoms with Gasteiger partial charge in [0.15, 0.2) is 5.78 Å². The standard InChI is InChI=1S/C15H23N3O3/c1-10(19)9-12(16)14(20)17-13(11-5-2-3-6-11)15(21)18-7-4-8-18/h9,11,13H,2-8,16H2,1H3,(H,17,20)/b12-9-/t13-/m0/s1. The van der Waals surface area contributed by atoms with Crippen LogP contribution in [0.4, 0.5) is 0 Å². The fourth-order valence-electron chi connectivity index (χ4n) is 2.91. The number of rotatable bonds is 5. The highest BCUT2D eigenvalue weighted by Crippen LogP contribution is 2.29. The SMILES string of the molecule is CC(=O)/C=C(\N)C(=O)N[C@H](C(=O)N1CCC1)C1CCCC1. The smallest absolute Gasteiger partial charge is 0.267 e. The minimum Gasteiger partial charge on any atom is -0.394 e. The van der Waals surface area contributed by atoms with E-state index in [2.05, 4.69) is 5.32 Å². The second-order valence-electron chi connectivity index (χ2n) is 5.88. The average molecular weight is 293 g/mol. The number of carbonyl (C=O) groups excluding carboxylic acids is 3. The van der Waals surface area contributed by atoms with E-state index in [0.717, 1.165) is 51.3 Å². The summed E-state index contributed by atoms with van der Waals surface area (Å²) in [6, 6.07) is -0.515. The molecule has 116 valence electrons. The number of amides is 2.